The summed E-state index contributed by atoms with van der Waals surface area (Å²) in [5.41, 5.74) is 2.11. The van der Waals surface area contributed by atoms with Crippen molar-refractivity contribution >= 4 is 54.2 Å². The number of halogens is 1. The second kappa shape index (κ2) is 14.0. The smallest absolute Gasteiger partial charge is 0.244 e. The van der Waals surface area contributed by atoms with E-state index in [-0.39, 0.29) is 24.9 Å². The maximum absolute atomic E-state index is 14.3. The van der Waals surface area contributed by atoms with Crippen LogP contribution >= 0.6 is 15.9 Å². The predicted octanol–water partition coefficient (Wildman–Crippen LogP) is 5.92. The lowest BCUT2D eigenvalue weighted by Crippen LogP contribution is -2.54. The second-order valence-corrected chi connectivity index (χ2v) is 13.3. The molecule has 0 radical (unpaired) electrons. The third-order valence-corrected chi connectivity index (χ3v) is 8.85. The van der Waals surface area contributed by atoms with Gasteiger partial charge in [0, 0.05) is 28.9 Å². The van der Waals surface area contributed by atoms with Crippen LogP contribution in [-0.2, 0) is 32.6 Å². The summed E-state index contributed by atoms with van der Waals surface area (Å²) in [4.78, 5) is 29.6. The molecule has 0 bridgehead atoms. The first kappa shape index (κ1) is 31.3. The molecule has 0 saturated heterocycles. The van der Waals surface area contributed by atoms with Crippen molar-refractivity contribution in [2.24, 2.45) is 0 Å². The number of hydrogen-bond acceptors (Lipinski definition) is 4. The van der Waals surface area contributed by atoms with Crippen molar-refractivity contribution in [2.75, 3.05) is 17.1 Å². The zero-order valence-electron chi connectivity index (χ0n) is 24.0. The van der Waals surface area contributed by atoms with Crippen molar-refractivity contribution in [1.82, 2.24) is 10.2 Å². The van der Waals surface area contributed by atoms with Gasteiger partial charge in [0.15, 0.2) is 0 Å². The van der Waals surface area contributed by atoms with Crippen molar-refractivity contribution in [3.8, 4) is 0 Å². The summed E-state index contributed by atoms with van der Waals surface area (Å²) in [6.07, 6.45) is 2.10. The van der Waals surface area contributed by atoms with Gasteiger partial charge in [-0.1, -0.05) is 102 Å². The van der Waals surface area contributed by atoms with Crippen LogP contribution < -0.4 is 9.62 Å². The topological polar surface area (TPSA) is 86.8 Å². The molecule has 0 fully saturated rings. The van der Waals surface area contributed by atoms with Crippen LogP contribution in [0, 0.1) is 0 Å². The number of nitrogens with one attached hydrogen (secondary N) is 1. The maximum Gasteiger partial charge on any atom is 0.244 e. The molecular weight excluding hydrogens is 614 g/mol. The van der Waals surface area contributed by atoms with Gasteiger partial charge in [-0.05, 0) is 48.1 Å². The van der Waals surface area contributed by atoms with Crippen LogP contribution in [0.3, 0.4) is 0 Å². The van der Waals surface area contributed by atoms with E-state index in [1.165, 1.54) is 4.90 Å². The van der Waals surface area contributed by atoms with Gasteiger partial charge in [0.25, 0.3) is 0 Å². The second-order valence-electron chi connectivity index (χ2n) is 10.4. The average Bonchev–Trinajstić information content (AvgIpc) is 2.97. The van der Waals surface area contributed by atoms with E-state index in [9.17, 15) is 18.0 Å². The number of benzene rings is 4. The number of nitrogens with zero attached hydrogens (tertiary/aromatic N) is 2. The highest BCUT2D eigenvalue weighted by Gasteiger charge is 2.33. The molecule has 42 heavy (non-hydrogen) atoms. The summed E-state index contributed by atoms with van der Waals surface area (Å²) < 4.78 is 28.3. The van der Waals surface area contributed by atoms with Crippen molar-refractivity contribution < 1.29 is 18.0 Å². The monoisotopic (exact) mass is 649 g/mol. The Bertz CT molecular complexity index is 1640. The lowest BCUT2D eigenvalue weighted by Gasteiger charge is -2.34. The molecule has 4 rings (SSSR count). The summed E-state index contributed by atoms with van der Waals surface area (Å²) in [7, 11) is -3.87. The molecule has 0 spiro atoms. The van der Waals surface area contributed by atoms with Gasteiger partial charge in [-0.3, -0.25) is 13.9 Å². The Labute approximate surface area is 256 Å². The molecule has 0 heterocycles. The highest BCUT2D eigenvalue weighted by molar-refractivity contribution is 9.10. The summed E-state index contributed by atoms with van der Waals surface area (Å²) >= 11 is 3.50. The van der Waals surface area contributed by atoms with Gasteiger partial charge in [-0.2, -0.15) is 0 Å². The van der Waals surface area contributed by atoms with Crippen molar-refractivity contribution in [3.63, 3.8) is 0 Å². The molecule has 9 heteroatoms. The zero-order valence-corrected chi connectivity index (χ0v) is 26.4. The first-order valence-electron chi connectivity index (χ1n) is 13.9. The average molecular weight is 651 g/mol. The minimum Gasteiger partial charge on any atom is -0.352 e. The van der Waals surface area contributed by atoms with Crippen molar-refractivity contribution in [3.05, 3.63) is 113 Å². The van der Waals surface area contributed by atoms with E-state index >= 15 is 0 Å². The van der Waals surface area contributed by atoms with Crippen LogP contribution in [0.15, 0.2) is 102 Å². The summed E-state index contributed by atoms with van der Waals surface area (Å²) in [6, 6.07) is 28.9. The van der Waals surface area contributed by atoms with Gasteiger partial charge >= 0.3 is 0 Å². The standard InChI is InChI=1S/C33H36BrN3O4S/c1-4-24(2)35-33(39)31(21-25-12-6-5-7-13-25)36(22-26-14-10-17-28(34)20-26)32(38)23-37(42(3,40)41)30-19-11-16-27-15-8-9-18-29(27)30/h5-20,24,31H,4,21-23H2,1-3H3,(H,35,39)/t24-,31-/m1/s1. The van der Waals surface area contributed by atoms with Gasteiger partial charge in [0.1, 0.15) is 12.6 Å². The quantitative estimate of drug-likeness (QED) is 0.206. The Kier molecular flexibility index (Phi) is 10.4. The van der Waals surface area contributed by atoms with Gasteiger partial charge < -0.3 is 10.2 Å². The Hall–Kier alpha value is -3.69. The lowest BCUT2D eigenvalue weighted by molar-refractivity contribution is -0.140. The van der Waals surface area contributed by atoms with Gasteiger partial charge in [-0.15, -0.1) is 0 Å². The number of amides is 2. The molecular formula is C33H36BrN3O4S. The fourth-order valence-electron chi connectivity index (χ4n) is 4.85. The number of rotatable bonds is 12. The molecule has 1 N–H and O–H groups in total. The van der Waals surface area contributed by atoms with Crippen molar-refractivity contribution in [2.45, 2.75) is 45.3 Å². The van der Waals surface area contributed by atoms with E-state index in [0.717, 1.165) is 38.0 Å². The van der Waals surface area contributed by atoms with Crippen LogP contribution in [0.1, 0.15) is 31.4 Å². The molecule has 0 aliphatic carbocycles. The number of carbonyl (C=O) groups excluding carboxylic acids is 2. The molecule has 2 atom stereocenters. The third-order valence-electron chi connectivity index (χ3n) is 7.23. The van der Waals surface area contributed by atoms with Gasteiger partial charge in [0.2, 0.25) is 21.8 Å². The highest BCUT2D eigenvalue weighted by Crippen LogP contribution is 2.29. The number of hydrogen-bond donors (Lipinski definition) is 1. The minimum atomic E-state index is -3.87. The summed E-state index contributed by atoms with van der Waals surface area (Å²) in [6.45, 7) is 3.57. The van der Waals surface area contributed by atoms with Gasteiger partial charge in [-0.25, -0.2) is 8.42 Å². The van der Waals surface area contributed by atoms with E-state index < -0.39 is 28.5 Å². The Morgan fingerprint density at radius 1 is 0.881 bits per heavy atom. The fourth-order valence-corrected chi connectivity index (χ4v) is 6.16. The zero-order chi connectivity index (χ0) is 30.3. The largest absolute Gasteiger partial charge is 0.352 e. The number of sulfonamides is 1. The third kappa shape index (κ3) is 7.98. The number of anilines is 1. The molecule has 0 saturated carbocycles. The highest BCUT2D eigenvalue weighted by atomic mass is 79.9. The fraction of sp³-hybridized carbons (Fsp3) is 0.273. The summed E-state index contributed by atoms with van der Waals surface area (Å²) in [5, 5.41) is 4.62. The molecule has 0 aromatic heterocycles. The number of fused-ring (bicyclic) bond motifs is 1. The molecule has 0 aliphatic heterocycles. The normalized spacial score (nSPS) is 12.9. The first-order valence-corrected chi connectivity index (χ1v) is 16.5. The SMILES string of the molecule is CC[C@@H](C)NC(=O)[C@@H](Cc1ccccc1)N(Cc1cccc(Br)c1)C(=O)CN(c1cccc2ccccc12)S(C)(=O)=O. The van der Waals surface area contributed by atoms with Crippen LogP contribution in [0.25, 0.3) is 10.8 Å². The summed E-state index contributed by atoms with van der Waals surface area (Å²) in [5.74, 6) is -0.763. The van der Waals surface area contributed by atoms with E-state index in [4.69, 9.17) is 0 Å². The molecule has 7 nitrogen and oxygen atoms in total. The van der Waals surface area contributed by atoms with Crippen molar-refractivity contribution in [1.29, 1.82) is 0 Å². The number of carbonyl (C=O) groups is 2. The lowest BCUT2D eigenvalue weighted by atomic mass is 10.0. The molecule has 4 aromatic rings. The molecule has 0 unspecified atom stereocenters. The Morgan fingerprint density at radius 2 is 1.52 bits per heavy atom. The van der Waals surface area contributed by atoms with Crippen LogP contribution in [0.2, 0.25) is 0 Å². The molecule has 220 valence electrons. The maximum atomic E-state index is 14.3. The predicted molar refractivity (Wildman–Crippen MR) is 173 cm³/mol. The van der Waals surface area contributed by atoms with E-state index in [1.807, 2.05) is 98.8 Å². The molecule has 4 aromatic carbocycles. The molecule has 0 aliphatic rings. The Balaban J connectivity index is 1.79. The Morgan fingerprint density at radius 3 is 2.21 bits per heavy atom. The van der Waals surface area contributed by atoms with Crippen LogP contribution in [-0.4, -0.2) is 50.0 Å². The van der Waals surface area contributed by atoms with Crippen LogP contribution in [0.4, 0.5) is 5.69 Å². The minimum absolute atomic E-state index is 0.0956. The van der Waals surface area contributed by atoms with Gasteiger partial charge in [0.05, 0.1) is 11.9 Å². The van der Waals surface area contributed by atoms with Crippen LogP contribution in [0.5, 0.6) is 0 Å². The molecule has 2 amide bonds. The van der Waals surface area contributed by atoms with E-state index in [1.54, 1.807) is 12.1 Å². The first-order chi connectivity index (χ1) is 20.1. The van der Waals surface area contributed by atoms with E-state index in [0.29, 0.717) is 11.1 Å². The van der Waals surface area contributed by atoms with E-state index in [2.05, 4.69) is 21.2 Å².